The lowest BCUT2D eigenvalue weighted by atomic mass is 10.1. The minimum absolute atomic E-state index is 0.0655. The van der Waals surface area contributed by atoms with Crippen LogP contribution in [0.25, 0.3) is 16.9 Å². The van der Waals surface area contributed by atoms with Crippen molar-refractivity contribution in [1.82, 2.24) is 9.38 Å². The maximum Gasteiger partial charge on any atom is 0.356 e. The summed E-state index contributed by atoms with van der Waals surface area (Å²) < 4.78 is 2.67. The van der Waals surface area contributed by atoms with Crippen molar-refractivity contribution in [3.8, 4) is 11.4 Å². The molecule has 2 aromatic heterocycles. The highest BCUT2D eigenvalue weighted by molar-refractivity contribution is 9.10. The van der Waals surface area contributed by atoms with E-state index in [9.17, 15) is 9.90 Å². The van der Waals surface area contributed by atoms with Gasteiger partial charge in [0, 0.05) is 16.2 Å². The fourth-order valence-electron chi connectivity index (χ4n) is 2.23. The van der Waals surface area contributed by atoms with Crippen LogP contribution in [-0.2, 0) is 0 Å². The number of nitrogens with zero attached hydrogens (tertiary/aromatic N) is 2. The maximum atomic E-state index is 11.3. The van der Waals surface area contributed by atoms with Crippen LogP contribution in [0.2, 0.25) is 0 Å². The maximum absolute atomic E-state index is 11.3. The molecule has 0 aliphatic rings. The molecule has 1 aromatic carbocycles. The van der Waals surface area contributed by atoms with Gasteiger partial charge in [-0.05, 0) is 40.5 Å². The van der Waals surface area contributed by atoms with E-state index in [2.05, 4.69) is 20.9 Å². The highest BCUT2D eigenvalue weighted by Gasteiger charge is 2.18. The molecule has 0 atom stereocenters. The zero-order valence-corrected chi connectivity index (χ0v) is 12.3. The van der Waals surface area contributed by atoms with E-state index in [1.54, 1.807) is 10.5 Å². The summed E-state index contributed by atoms with van der Waals surface area (Å²) in [6.45, 7) is 1.98. The number of fused-ring (bicyclic) bond motifs is 1. The summed E-state index contributed by atoms with van der Waals surface area (Å²) in [5.74, 6) is -0.388. The molecule has 4 nitrogen and oxygen atoms in total. The number of carboxylic acid groups (broad SMARTS) is 1. The van der Waals surface area contributed by atoms with Crippen LogP contribution in [0.1, 0.15) is 16.1 Å². The number of aromatic carboxylic acids is 1. The molecule has 5 heteroatoms. The van der Waals surface area contributed by atoms with Crippen molar-refractivity contribution in [3.05, 3.63) is 58.3 Å². The van der Waals surface area contributed by atoms with Gasteiger partial charge >= 0.3 is 5.97 Å². The van der Waals surface area contributed by atoms with Crippen LogP contribution in [0.4, 0.5) is 0 Å². The van der Waals surface area contributed by atoms with E-state index in [4.69, 9.17) is 0 Å². The average Bonchev–Trinajstić information content (AvgIpc) is 2.78. The van der Waals surface area contributed by atoms with Gasteiger partial charge in [0.05, 0.1) is 5.52 Å². The largest absolute Gasteiger partial charge is 0.476 e. The lowest BCUT2D eigenvalue weighted by Gasteiger charge is -2.05. The summed E-state index contributed by atoms with van der Waals surface area (Å²) in [6, 6.07) is 11.4. The third kappa shape index (κ3) is 2.00. The van der Waals surface area contributed by atoms with Crippen LogP contribution in [0.5, 0.6) is 0 Å². The third-order valence-electron chi connectivity index (χ3n) is 3.19. The van der Waals surface area contributed by atoms with Crippen LogP contribution in [-0.4, -0.2) is 20.5 Å². The Morgan fingerprint density at radius 3 is 2.70 bits per heavy atom. The number of benzene rings is 1. The minimum Gasteiger partial charge on any atom is -0.476 e. The standard InChI is InChI=1S/C15H11BrN2O2/c1-9-4-2-3-5-11(9)14-17-13(15(19)20)12-7-6-10(16)8-18(12)14/h2-8H,1H3,(H,19,20). The molecule has 0 saturated heterocycles. The van der Waals surface area contributed by atoms with Crippen LogP contribution >= 0.6 is 15.9 Å². The third-order valence-corrected chi connectivity index (χ3v) is 3.66. The van der Waals surface area contributed by atoms with Gasteiger partial charge in [-0.2, -0.15) is 0 Å². The number of carbonyl (C=O) groups is 1. The van der Waals surface area contributed by atoms with E-state index in [0.29, 0.717) is 11.3 Å². The molecule has 0 amide bonds. The number of aryl methyl sites for hydroxylation is 1. The second-order valence-electron chi connectivity index (χ2n) is 4.51. The molecule has 1 N–H and O–H groups in total. The van der Waals surface area contributed by atoms with Gasteiger partial charge in [0.25, 0.3) is 0 Å². The van der Waals surface area contributed by atoms with Crippen molar-refractivity contribution in [2.75, 3.05) is 0 Å². The Labute approximate surface area is 123 Å². The first kappa shape index (κ1) is 12.9. The van der Waals surface area contributed by atoms with E-state index < -0.39 is 5.97 Å². The molecule has 3 aromatic rings. The smallest absolute Gasteiger partial charge is 0.356 e. The van der Waals surface area contributed by atoms with Crippen molar-refractivity contribution in [2.24, 2.45) is 0 Å². The summed E-state index contributed by atoms with van der Waals surface area (Å²) in [4.78, 5) is 15.6. The number of hydrogen-bond donors (Lipinski definition) is 1. The van der Waals surface area contributed by atoms with E-state index in [-0.39, 0.29) is 5.69 Å². The first-order valence-electron chi connectivity index (χ1n) is 6.05. The highest BCUT2D eigenvalue weighted by atomic mass is 79.9. The Morgan fingerprint density at radius 2 is 2.00 bits per heavy atom. The predicted octanol–water partition coefficient (Wildman–Crippen LogP) is 3.77. The molecule has 100 valence electrons. The highest BCUT2D eigenvalue weighted by Crippen LogP contribution is 2.27. The lowest BCUT2D eigenvalue weighted by Crippen LogP contribution is -1.97. The molecule has 0 aliphatic carbocycles. The number of carboxylic acids is 1. The summed E-state index contributed by atoms with van der Waals surface area (Å²) in [7, 11) is 0. The number of pyridine rings is 1. The zero-order valence-electron chi connectivity index (χ0n) is 10.7. The molecule has 0 fully saturated rings. The summed E-state index contributed by atoms with van der Waals surface area (Å²) in [5.41, 5.74) is 2.62. The minimum atomic E-state index is -1.02. The monoisotopic (exact) mass is 330 g/mol. The number of hydrogen-bond acceptors (Lipinski definition) is 2. The van der Waals surface area contributed by atoms with E-state index in [1.165, 1.54) is 0 Å². The van der Waals surface area contributed by atoms with Gasteiger partial charge in [0.15, 0.2) is 5.69 Å². The Kier molecular flexibility index (Phi) is 3.06. The SMILES string of the molecule is Cc1ccccc1-c1nc(C(=O)O)c2ccc(Br)cn12. The Morgan fingerprint density at radius 1 is 1.25 bits per heavy atom. The first-order valence-corrected chi connectivity index (χ1v) is 6.84. The van der Waals surface area contributed by atoms with Crippen LogP contribution in [0.3, 0.4) is 0 Å². The topological polar surface area (TPSA) is 54.6 Å². The van der Waals surface area contributed by atoms with Crippen molar-refractivity contribution >= 4 is 27.4 Å². The molecule has 0 aliphatic heterocycles. The molecule has 20 heavy (non-hydrogen) atoms. The summed E-state index contributed by atoms with van der Waals surface area (Å²) >= 11 is 3.41. The molecule has 0 bridgehead atoms. The first-order chi connectivity index (χ1) is 9.58. The second-order valence-corrected chi connectivity index (χ2v) is 5.42. The summed E-state index contributed by atoms with van der Waals surface area (Å²) in [5, 5.41) is 9.29. The molecule has 0 saturated carbocycles. The van der Waals surface area contributed by atoms with Crippen LogP contribution in [0.15, 0.2) is 47.1 Å². The van der Waals surface area contributed by atoms with E-state index >= 15 is 0 Å². The van der Waals surface area contributed by atoms with Crippen LogP contribution in [0, 0.1) is 6.92 Å². The van der Waals surface area contributed by atoms with Gasteiger partial charge in [0.2, 0.25) is 0 Å². The Balaban J connectivity index is 2.39. The van der Waals surface area contributed by atoms with Gasteiger partial charge < -0.3 is 5.11 Å². The van der Waals surface area contributed by atoms with Gasteiger partial charge in [0.1, 0.15) is 5.82 Å². The van der Waals surface area contributed by atoms with E-state index in [0.717, 1.165) is 15.6 Å². The zero-order chi connectivity index (χ0) is 14.3. The fourth-order valence-corrected chi connectivity index (χ4v) is 2.57. The molecular formula is C15H11BrN2O2. The number of aromatic nitrogens is 2. The molecule has 0 unspecified atom stereocenters. The number of halogens is 1. The average molecular weight is 331 g/mol. The van der Waals surface area contributed by atoms with Gasteiger partial charge in [-0.1, -0.05) is 24.3 Å². The molecule has 2 heterocycles. The number of rotatable bonds is 2. The molecule has 0 spiro atoms. The van der Waals surface area contributed by atoms with Crippen molar-refractivity contribution in [3.63, 3.8) is 0 Å². The predicted molar refractivity (Wildman–Crippen MR) is 80.0 cm³/mol. The fraction of sp³-hybridized carbons (Fsp3) is 0.0667. The Bertz CT molecular complexity index is 824. The molecular weight excluding hydrogens is 320 g/mol. The quantitative estimate of drug-likeness (QED) is 0.778. The van der Waals surface area contributed by atoms with Gasteiger partial charge in [-0.3, -0.25) is 4.40 Å². The number of imidazole rings is 1. The lowest BCUT2D eigenvalue weighted by molar-refractivity contribution is 0.0693. The van der Waals surface area contributed by atoms with E-state index in [1.807, 2.05) is 43.5 Å². The van der Waals surface area contributed by atoms with Gasteiger partial charge in [-0.25, -0.2) is 9.78 Å². The van der Waals surface area contributed by atoms with Crippen molar-refractivity contribution < 1.29 is 9.90 Å². The second kappa shape index (κ2) is 4.76. The summed E-state index contributed by atoms with van der Waals surface area (Å²) in [6.07, 6.45) is 1.83. The molecule has 3 rings (SSSR count). The van der Waals surface area contributed by atoms with Crippen molar-refractivity contribution in [1.29, 1.82) is 0 Å². The Hall–Kier alpha value is -2.14. The normalized spacial score (nSPS) is 10.9. The van der Waals surface area contributed by atoms with Crippen molar-refractivity contribution in [2.45, 2.75) is 6.92 Å². The molecule has 0 radical (unpaired) electrons. The van der Waals surface area contributed by atoms with Crippen LogP contribution < -0.4 is 0 Å². The van der Waals surface area contributed by atoms with Gasteiger partial charge in [-0.15, -0.1) is 0 Å².